The molecule has 0 atom stereocenters. The Bertz CT molecular complexity index is 286. The smallest absolute Gasteiger partial charge is 0.174 e. The minimum Gasteiger partial charge on any atom is -0.398 e. The molecule has 1 rings (SSSR count). The first kappa shape index (κ1) is 9.13. The fourth-order valence-electron chi connectivity index (χ4n) is 0.960. The van der Waals surface area contributed by atoms with Gasteiger partial charge in [-0.3, -0.25) is 4.79 Å². The van der Waals surface area contributed by atoms with E-state index in [0.717, 1.165) is 0 Å². The lowest BCUT2D eigenvalue weighted by atomic mass is 10.1. The number of thioether (sulfide) groups is 1. The summed E-state index contributed by atoms with van der Waals surface area (Å²) in [6.45, 7) is 0. The second-order valence-electron chi connectivity index (χ2n) is 2.44. The van der Waals surface area contributed by atoms with Crippen LogP contribution in [0.1, 0.15) is 10.4 Å². The SMILES string of the molecule is CSCC(=O)c1ccccc1N. The third kappa shape index (κ3) is 2.01. The maximum Gasteiger partial charge on any atom is 0.174 e. The number of benzene rings is 1. The monoisotopic (exact) mass is 181 g/mol. The summed E-state index contributed by atoms with van der Waals surface area (Å²) in [6.07, 6.45) is 1.90. The molecule has 0 aromatic heterocycles. The van der Waals surface area contributed by atoms with Gasteiger partial charge >= 0.3 is 0 Å². The van der Waals surface area contributed by atoms with E-state index in [2.05, 4.69) is 0 Å². The van der Waals surface area contributed by atoms with Crippen LogP contribution in [0.2, 0.25) is 0 Å². The zero-order valence-electron chi connectivity index (χ0n) is 6.91. The highest BCUT2D eigenvalue weighted by Gasteiger charge is 2.06. The van der Waals surface area contributed by atoms with E-state index in [1.54, 1.807) is 12.1 Å². The number of nitrogens with two attached hydrogens (primary N) is 1. The molecule has 2 N–H and O–H groups in total. The topological polar surface area (TPSA) is 43.1 Å². The molecule has 64 valence electrons. The van der Waals surface area contributed by atoms with Gasteiger partial charge in [0.25, 0.3) is 0 Å². The molecule has 0 saturated carbocycles. The van der Waals surface area contributed by atoms with Gasteiger partial charge < -0.3 is 5.73 Å². The number of Topliss-reactive ketones (excluding diaryl/α,β-unsaturated/α-hetero) is 1. The lowest BCUT2D eigenvalue weighted by molar-refractivity contribution is 0.102. The number of carbonyl (C=O) groups is 1. The molecular formula is C9H11NOS. The van der Waals surface area contributed by atoms with E-state index in [1.165, 1.54) is 11.8 Å². The van der Waals surface area contributed by atoms with Crippen LogP contribution in [-0.4, -0.2) is 17.8 Å². The predicted molar refractivity (Wildman–Crippen MR) is 53.6 cm³/mol. The normalized spacial score (nSPS) is 9.75. The molecule has 0 aliphatic rings. The first-order chi connectivity index (χ1) is 5.75. The Morgan fingerprint density at radius 2 is 2.17 bits per heavy atom. The Kier molecular flexibility index (Phi) is 3.17. The van der Waals surface area contributed by atoms with Crippen molar-refractivity contribution in [3.05, 3.63) is 29.8 Å². The molecule has 0 aliphatic heterocycles. The number of nitrogen functional groups attached to an aromatic ring is 1. The molecule has 0 aliphatic carbocycles. The third-order valence-electron chi connectivity index (χ3n) is 1.54. The number of carbonyl (C=O) groups excluding carboxylic acids is 1. The molecule has 0 saturated heterocycles. The van der Waals surface area contributed by atoms with Gasteiger partial charge in [0.2, 0.25) is 0 Å². The highest BCUT2D eigenvalue weighted by Crippen LogP contribution is 2.12. The van der Waals surface area contributed by atoms with E-state index >= 15 is 0 Å². The van der Waals surface area contributed by atoms with Crippen molar-refractivity contribution in [2.45, 2.75) is 0 Å². The standard InChI is InChI=1S/C9H11NOS/c1-12-6-9(11)7-4-2-3-5-8(7)10/h2-5H,6,10H2,1H3. The van der Waals surface area contributed by atoms with E-state index in [-0.39, 0.29) is 5.78 Å². The summed E-state index contributed by atoms with van der Waals surface area (Å²) in [5, 5.41) is 0. The van der Waals surface area contributed by atoms with Crippen molar-refractivity contribution in [3.63, 3.8) is 0 Å². The summed E-state index contributed by atoms with van der Waals surface area (Å²) >= 11 is 1.51. The lowest BCUT2D eigenvalue weighted by Crippen LogP contribution is -2.05. The van der Waals surface area contributed by atoms with Crippen LogP contribution in [0.25, 0.3) is 0 Å². The fourth-order valence-corrected chi connectivity index (χ4v) is 1.38. The second-order valence-corrected chi connectivity index (χ2v) is 3.31. The number of ketones is 1. The van der Waals surface area contributed by atoms with Crippen LogP contribution in [0.3, 0.4) is 0 Å². The van der Waals surface area contributed by atoms with E-state index in [0.29, 0.717) is 17.0 Å². The first-order valence-corrected chi connectivity index (χ1v) is 5.01. The number of anilines is 1. The molecule has 2 nitrogen and oxygen atoms in total. The van der Waals surface area contributed by atoms with Crippen molar-refractivity contribution in [1.29, 1.82) is 0 Å². The average Bonchev–Trinajstić information content (AvgIpc) is 2.05. The largest absolute Gasteiger partial charge is 0.398 e. The van der Waals surface area contributed by atoms with Gasteiger partial charge in [0.1, 0.15) is 0 Å². The molecule has 0 bridgehead atoms. The zero-order chi connectivity index (χ0) is 8.97. The van der Waals surface area contributed by atoms with Crippen molar-refractivity contribution in [3.8, 4) is 0 Å². The molecule has 0 amide bonds. The Morgan fingerprint density at radius 1 is 1.50 bits per heavy atom. The molecule has 1 aromatic carbocycles. The molecular weight excluding hydrogens is 170 g/mol. The third-order valence-corrected chi connectivity index (χ3v) is 2.09. The highest BCUT2D eigenvalue weighted by molar-refractivity contribution is 7.99. The molecule has 3 heteroatoms. The highest BCUT2D eigenvalue weighted by atomic mass is 32.2. The molecule has 0 spiro atoms. The van der Waals surface area contributed by atoms with Crippen LogP contribution in [0.5, 0.6) is 0 Å². The van der Waals surface area contributed by atoms with Gasteiger partial charge in [-0.15, -0.1) is 0 Å². The number of rotatable bonds is 3. The molecule has 1 aromatic rings. The number of hydrogen-bond donors (Lipinski definition) is 1. The van der Waals surface area contributed by atoms with Crippen molar-refractivity contribution in [2.24, 2.45) is 0 Å². The summed E-state index contributed by atoms with van der Waals surface area (Å²) in [5.41, 5.74) is 6.82. The van der Waals surface area contributed by atoms with E-state index < -0.39 is 0 Å². The van der Waals surface area contributed by atoms with Crippen LogP contribution in [-0.2, 0) is 0 Å². The molecule has 0 heterocycles. The van der Waals surface area contributed by atoms with Crippen molar-refractivity contribution in [2.75, 3.05) is 17.7 Å². The van der Waals surface area contributed by atoms with Gasteiger partial charge in [-0.05, 0) is 18.4 Å². The van der Waals surface area contributed by atoms with Crippen molar-refractivity contribution in [1.82, 2.24) is 0 Å². The molecule has 12 heavy (non-hydrogen) atoms. The summed E-state index contributed by atoms with van der Waals surface area (Å²) in [7, 11) is 0. The lowest BCUT2D eigenvalue weighted by Gasteiger charge is -2.01. The first-order valence-electron chi connectivity index (χ1n) is 3.62. The molecule has 0 radical (unpaired) electrons. The minimum absolute atomic E-state index is 0.0978. The van der Waals surface area contributed by atoms with Crippen LogP contribution in [0.15, 0.2) is 24.3 Å². The van der Waals surface area contributed by atoms with Crippen molar-refractivity contribution >= 4 is 23.2 Å². The van der Waals surface area contributed by atoms with E-state index in [9.17, 15) is 4.79 Å². The molecule has 0 unspecified atom stereocenters. The minimum atomic E-state index is 0.0978. The Hall–Kier alpha value is -0.960. The van der Waals surface area contributed by atoms with Gasteiger partial charge in [-0.1, -0.05) is 12.1 Å². The Labute approximate surface area is 76.2 Å². The van der Waals surface area contributed by atoms with Crippen LogP contribution < -0.4 is 5.73 Å². The molecule has 0 fully saturated rings. The predicted octanol–water partition coefficient (Wildman–Crippen LogP) is 1.81. The van der Waals surface area contributed by atoms with Crippen LogP contribution in [0, 0.1) is 0 Å². The van der Waals surface area contributed by atoms with Crippen LogP contribution in [0.4, 0.5) is 5.69 Å². The van der Waals surface area contributed by atoms with Crippen LogP contribution >= 0.6 is 11.8 Å². The van der Waals surface area contributed by atoms with E-state index in [1.807, 2.05) is 18.4 Å². The number of para-hydroxylation sites is 1. The van der Waals surface area contributed by atoms with Crippen molar-refractivity contribution < 1.29 is 4.79 Å². The summed E-state index contributed by atoms with van der Waals surface area (Å²) in [4.78, 5) is 11.4. The van der Waals surface area contributed by atoms with E-state index in [4.69, 9.17) is 5.73 Å². The summed E-state index contributed by atoms with van der Waals surface area (Å²) in [5.74, 6) is 0.592. The maximum absolute atomic E-state index is 11.4. The summed E-state index contributed by atoms with van der Waals surface area (Å²) < 4.78 is 0. The quantitative estimate of drug-likeness (QED) is 0.571. The fraction of sp³-hybridized carbons (Fsp3) is 0.222. The maximum atomic E-state index is 11.4. The zero-order valence-corrected chi connectivity index (χ0v) is 7.73. The van der Waals surface area contributed by atoms with Gasteiger partial charge in [0, 0.05) is 11.3 Å². The summed E-state index contributed by atoms with van der Waals surface area (Å²) in [6, 6.07) is 7.15. The Morgan fingerprint density at radius 3 is 2.75 bits per heavy atom. The van der Waals surface area contributed by atoms with Gasteiger partial charge in [0.15, 0.2) is 5.78 Å². The van der Waals surface area contributed by atoms with Gasteiger partial charge in [-0.25, -0.2) is 0 Å². The average molecular weight is 181 g/mol. The van der Waals surface area contributed by atoms with Gasteiger partial charge in [-0.2, -0.15) is 11.8 Å². The van der Waals surface area contributed by atoms with Gasteiger partial charge in [0.05, 0.1) is 5.75 Å². The second kappa shape index (κ2) is 4.16. The Balaban J connectivity index is 2.87. The number of hydrogen-bond acceptors (Lipinski definition) is 3.